The number of nitrogens with one attached hydrogen (secondary N) is 1. The highest BCUT2D eigenvalue weighted by atomic mass is 32.1. The first-order valence-corrected chi connectivity index (χ1v) is 6.27. The van der Waals surface area contributed by atoms with E-state index in [1.165, 1.54) is 12.8 Å². The number of aryl methyl sites for hydroxylation is 1. The van der Waals surface area contributed by atoms with Crippen molar-refractivity contribution in [1.29, 1.82) is 0 Å². The van der Waals surface area contributed by atoms with Crippen LogP contribution in [0.3, 0.4) is 0 Å². The number of rotatable bonds is 5. The number of nitrogens with zero attached hydrogens (tertiary/aromatic N) is 2. The fourth-order valence-corrected chi connectivity index (χ4v) is 2.28. The minimum atomic E-state index is 0.741. The summed E-state index contributed by atoms with van der Waals surface area (Å²) in [4.78, 5) is 0. The molecule has 0 bridgehead atoms. The van der Waals surface area contributed by atoms with Gasteiger partial charge in [0.05, 0.1) is 0 Å². The predicted molar refractivity (Wildman–Crippen MR) is 63.3 cm³/mol. The first-order chi connectivity index (χ1) is 7.22. The normalized spacial score (nSPS) is 18.0. The van der Waals surface area contributed by atoms with E-state index in [1.54, 1.807) is 0 Å². The molecule has 1 saturated carbocycles. The van der Waals surface area contributed by atoms with Crippen LogP contribution in [0.1, 0.15) is 38.9 Å². The van der Waals surface area contributed by atoms with Crippen molar-refractivity contribution in [2.45, 2.75) is 46.1 Å². The summed E-state index contributed by atoms with van der Waals surface area (Å²) in [6, 6.07) is 0. The van der Waals surface area contributed by atoms with Crippen LogP contribution < -0.4 is 0 Å². The second-order valence-electron chi connectivity index (χ2n) is 4.62. The van der Waals surface area contributed by atoms with Crippen LogP contribution in [0, 0.1) is 16.6 Å². The Morgan fingerprint density at radius 3 is 2.93 bits per heavy atom. The Labute approximate surface area is 95.9 Å². The highest BCUT2D eigenvalue weighted by molar-refractivity contribution is 7.71. The van der Waals surface area contributed by atoms with Gasteiger partial charge in [-0.1, -0.05) is 13.8 Å². The van der Waals surface area contributed by atoms with Crippen LogP contribution in [0.5, 0.6) is 0 Å². The molecule has 15 heavy (non-hydrogen) atoms. The first kappa shape index (κ1) is 10.9. The van der Waals surface area contributed by atoms with Crippen molar-refractivity contribution < 1.29 is 0 Å². The molecule has 1 heterocycles. The SMILES string of the molecule is CCCc1n[nH]c(=S)n1CC(C)C1CC1. The lowest BCUT2D eigenvalue weighted by molar-refractivity contribution is 0.418. The molecule has 1 aliphatic carbocycles. The molecule has 1 aliphatic rings. The van der Waals surface area contributed by atoms with E-state index in [0.717, 1.165) is 41.8 Å². The van der Waals surface area contributed by atoms with Gasteiger partial charge in [-0.3, -0.25) is 5.10 Å². The molecule has 1 fully saturated rings. The van der Waals surface area contributed by atoms with Crippen molar-refractivity contribution in [2.24, 2.45) is 11.8 Å². The highest BCUT2D eigenvalue weighted by Crippen LogP contribution is 2.37. The molecular formula is C11H19N3S. The third kappa shape index (κ3) is 2.48. The molecule has 1 aromatic heterocycles. The second-order valence-corrected chi connectivity index (χ2v) is 5.01. The van der Waals surface area contributed by atoms with E-state index >= 15 is 0 Å². The van der Waals surface area contributed by atoms with Crippen LogP contribution in [0.25, 0.3) is 0 Å². The Morgan fingerprint density at radius 2 is 2.33 bits per heavy atom. The van der Waals surface area contributed by atoms with E-state index < -0.39 is 0 Å². The fraction of sp³-hybridized carbons (Fsp3) is 0.818. The van der Waals surface area contributed by atoms with Gasteiger partial charge in [0.15, 0.2) is 4.77 Å². The van der Waals surface area contributed by atoms with Gasteiger partial charge in [0.1, 0.15) is 5.82 Å². The third-order valence-corrected chi connectivity index (χ3v) is 3.52. The van der Waals surface area contributed by atoms with Crippen LogP contribution in [0.15, 0.2) is 0 Å². The smallest absolute Gasteiger partial charge is 0.195 e. The summed E-state index contributed by atoms with van der Waals surface area (Å²) in [5.74, 6) is 2.79. The van der Waals surface area contributed by atoms with E-state index in [2.05, 4.69) is 28.6 Å². The van der Waals surface area contributed by atoms with Crippen LogP contribution in [0.2, 0.25) is 0 Å². The van der Waals surface area contributed by atoms with Gasteiger partial charge in [-0.15, -0.1) is 0 Å². The zero-order valence-electron chi connectivity index (χ0n) is 9.49. The van der Waals surface area contributed by atoms with Crippen molar-refractivity contribution >= 4 is 12.2 Å². The first-order valence-electron chi connectivity index (χ1n) is 5.86. The lowest BCUT2D eigenvalue weighted by atomic mass is 10.1. The second kappa shape index (κ2) is 4.47. The van der Waals surface area contributed by atoms with Gasteiger partial charge >= 0.3 is 0 Å². The van der Waals surface area contributed by atoms with E-state index in [0.29, 0.717) is 0 Å². The Kier molecular flexibility index (Phi) is 3.24. The lowest BCUT2D eigenvalue weighted by Gasteiger charge is -2.12. The van der Waals surface area contributed by atoms with Crippen LogP contribution in [-0.4, -0.2) is 14.8 Å². The quantitative estimate of drug-likeness (QED) is 0.782. The third-order valence-electron chi connectivity index (χ3n) is 3.21. The average Bonchev–Trinajstić information content (AvgIpc) is 3.00. The monoisotopic (exact) mass is 225 g/mol. The zero-order valence-corrected chi connectivity index (χ0v) is 10.3. The van der Waals surface area contributed by atoms with Gasteiger partial charge < -0.3 is 4.57 Å². The number of hydrogen-bond acceptors (Lipinski definition) is 2. The summed E-state index contributed by atoms with van der Waals surface area (Å²) in [6.45, 7) is 5.53. The van der Waals surface area contributed by atoms with Crippen LogP contribution in [-0.2, 0) is 13.0 Å². The maximum atomic E-state index is 5.26. The standard InChI is InChI=1S/C11H19N3S/c1-3-4-10-12-13-11(15)14(10)7-8(2)9-5-6-9/h8-9H,3-7H2,1-2H3,(H,13,15). The molecule has 0 spiro atoms. The molecule has 0 radical (unpaired) electrons. The molecule has 84 valence electrons. The minimum absolute atomic E-state index is 0.741. The van der Waals surface area contributed by atoms with E-state index in [4.69, 9.17) is 12.2 Å². The minimum Gasteiger partial charge on any atom is -0.304 e. The fourth-order valence-electron chi connectivity index (χ4n) is 2.06. The molecule has 1 atom stereocenters. The number of aromatic nitrogens is 3. The summed E-state index contributed by atoms with van der Waals surface area (Å²) >= 11 is 5.26. The Bertz CT molecular complexity index is 375. The molecule has 3 nitrogen and oxygen atoms in total. The van der Waals surface area contributed by atoms with Gasteiger partial charge in [-0.2, -0.15) is 5.10 Å². The molecular weight excluding hydrogens is 206 g/mol. The average molecular weight is 225 g/mol. The Balaban J connectivity index is 2.10. The van der Waals surface area contributed by atoms with Gasteiger partial charge in [0.2, 0.25) is 0 Å². The Morgan fingerprint density at radius 1 is 1.60 bits per heavy atom. The Hall–Kier alpha value is -0.640. The molecule has 0 aliphatic heterocycles. The summed E-state index contributed by atoms with van der Waals surface area (Å²) in [5.41, 5.74) is 0. The van der Waals surface area contributed by atoms with E-state index in [9.17, 15) is 0 Å². The van der Waals surface area contributed by atoms with Gasteiger partial charge in [0.25, 0.3) is 0 Å². The maximum Gasteiger partial charge on any atom is 0.195 e. The summed E-state index contributed by atoms with van der Waals surface area (Å²) in [7, 11) is 0. The maximum absolute atomic E-state index is 5.26. The van der Waals surface area contributed by atoms with Crippen molar-refractivity contribution in [3.8, 4) is 0 Å². The summed E-state index contributed by atoms with van der Waals surface area (Å²) in [5, 5.41) is 7.19. The van der Waals surface area contributed by atoms with Crippen LogP contribution >= 0.6 is 12.2 Å². The van der Waals surface area contributed by atoms with Gasteiger partial charge in [0, 0.05) is 13.0 Å². The molecule has 2 rings (SSSR count). The molecule has 0 aromatic carbocycles. The molecule has 0 amide bonds. The molecule has 4 heteroatoms. The molecule has 1 aromatic rings. The zero-order chi connectivity index (χ0) is 10.8. The number of hydrogen-bond donors (Lipinski definition) is 1. The molecule has 1 N–H and O–H groups in total. The van der Waals surface area contributed by atoms with Gasteiger partial charge in [-0.25, -0.2) is 0 Å². The number of aromatic amines is 1. The van der Waals surface area contributed by atoms with Crippen molar-refractivity contribution in [1.82, 2.24) is 14.8 Å². The largest absolute Gasteiger partial charge is 0.304 e. The topological polar surface area (TPSA) is 33.6 Å². The van der Waals surface area contributed by atoms with Crippen molar-refractivity contribution in [3.63, 3.8) is 0 Å². The predicted octanol–water partition coefficient (Wildman–Crippen LogP) is 2.94. The van der Waals surface area contributed by atoms with Crippen molar-refractivity contribution in [3.05, 3.63) is 10.6 Å². The summed E-state index contributed by atoms with van der Waals surface area (Å²) < 4.78 is 2.97. The molecule has 0 saturated heterocycles. The van der Waals surface area contributed by atoms with E-state index in [1.807, 2.05) is 0 Å². The van der Waals surface area contributed by atoms with Crippen LogP contribution in [0.4, 0.5) is 0 Å². The summed E-state index contributed by atoms with van der Waals surface area (Å²) in [6.07, 6.45) is 4.94. The van der Waals surface area contributed by atoms with E-state index in [-0.39, 0.29) is 0 Å². The number of H-pyrrole nitrogens is 1. The highest BCUT2D eigenvalue weighted by Gasteiger charge is 2.28. The van der Waals surface area contributed by atoms with Crippen molar-refractivity contribution in [2.75, 3.05) is 0 Å². The lowest BCUT2D eigenvalue weighted by Crippen LogP contribution is -2.12. The molecule has 1 unspecified atom stereocenters. The van der Waals surface area contributed by atoms with Gasteiger partial charge in [-0.05, 0) is 43.3 Å².